The summed E-state index contributed by atoms with van der Waals surface area (Å²) in [5, 5.41) is 2.61. The third-order valence-electron chi connectivity index (χ3n) is 3.19. The van der Waals surface area contributed by atoms with E-state index in [0.717, 1.165) is 11.1 Å². The molecule has 0 radical (unpaired) electrons. The molecule has 0 aliphatic rings. The van der Waals surface area contributed by atoms with Gasteiger partial charge in [0, 0.05) is 11.1 Å². The number of halogens is 2. The van der Waals surface area contributed by atoms with E-state index in [2.05, 4.69) is 22.9 Å². The number of alkyl halides is 2. The van der Waals surface area contributed by atoms with Gasteiger partial charge in [-0.15, -0.1) is 23.2 Å². The van der Waals surface area contributed by atoms with Crippen LogP contribution < -0.4 is 0 Å². The van der Waals surface area contributed by atoms with Crippen molar-refractivity contribution in [3.63, 3.8) is 0 Å². The number of thiol groups is 1. The van der Waals surface area contributed by atoms with E-state index in [1.54, 1.807) is 0 Å². The Morgan fingerprint density at radius 3 is 1.75 bits per heavy atom. The van der Waals surface area contributed by atoms with Crippen molar-refractivity contribution in [3.05, 3.63) is 76.6 Å². The fourth-order valence-electron chi connectivity index (χ4n) is 2.31. The van der Waals surface area contributed by atoms with Gasteiger partial charge in [-0.05, 0) is 12.6 Å². The number of nitrogens with zero attached hydrogens (tertiary/aromatic N) is 1. The lowest BCUT2D eigenvalue weighted by atomic mass is 9.81. The third-order valence-corrected chi connectivity index (χ3v) is 3.60. The Morgan fingerprint density at radius 1 is 0.950 bits per heavy atom. The second-order valence-electron chi connectivity index (χ2n) is 4.40. The number of thiocyanates is 1. The monoisotopic (exact) mass is 322 g/mol. The van der Waals surface area contributed by atoms with Crippen LogP contribution in [0.15, 0.2) is 60.7 Å². The van der Waals surface area contributed by atoms with Crippen LogP contribution >= 0.6 is 35.8 Å². The van der Waals surface area contributed by atoms with E-state index in [9.17, 15) is 0 Å². The van der Waals surface area contributed by atoms with E-state index >= 15 is 0 Å². The van der Waals surface area contributed by atoms with Gasteiger partial charge in [0.15, 0.2) is 0 Å². The van der Waals surface area contributed by atoms with E-state index < -0.39 is 10.4 Å². The summed E-state index contributed by atoms with van der Waals surface area (Å²) in [6.07, 6.45) is 0.456. The molecule has 4 heteroatoms. The second-order valence-corrected chi connectivity index (χ2v) is 5.88. The van der Waals surface area contributed by atoms with E-state index in [0.29, 0.717) is 6.42 Å². The lowest BCUT2D eigenvalue weighted by Gasteiger charge is -2.19. The highest BCUT2D eigenvalue weighted by atomic mass is 35.5. The zero-order valence-corrected chi connectivity index (χ0v) is 13.1. The first-order valence-corrected chi connectivity index (χ1v) is 7.51. The number of hydrogen-bond donors (Lipinski definition) is 1. The van der Waals surface area contributed by atoms with Crippen LogP contribution in [0, 0.1) is 5.40 Å². The summed E-state index contributed by atoms with van der Waals surface area (Å²) in [7, 11) is 0. The van der Waals surface area contributed by atoms with E-state index in [4.69, 9.17) is 23.2 Å². The normalized spacial score (nSPS) is 11.0. The summed E-state index contributed by atoms with van der Waals surface area (Å²) in [6.45, 7) is 0. The van der Waals surface area contributed by atoms with Gasteiger partial charge in [0.2, 0.25) is 0 Å². The first-order valence-electron chi connectivity index (χ1n) is 6.19. The zero-order chi connectivity index (χ0) is 14.4. The molecule has 2 aromatic carbocycles. The number of hydrogen-bond acceptors (Lipinski definition) is 1. The molecule has 1 nitrogen and oxygen atoms in total. The van der Waals surface area contributed by atoms with Gasteiger partial charge >= 0.3 is 10.9 Å². The van der Waals surface area contributed by atoms with Gasteiger partial charge in [0.05, 0.1) is 6.42 Å². The minimum atomic E-state index is -0.668. The Morgan fingerprint density at radius 2 is 1.40 bits per heavy atom. The van der Waals surface area contributed by atoms with E-state index in [-0.39, 0.29) is 0 Å². The molecule has 0 bridgehead atoms. The first-order chi connectivity index (χ1) is 9.69. The fourth-order valence-corrected chi connectivity index (χ4v) is 2.93. The summed E-state index contributed by atoms with van der Waals surface area (Å²) in [5.41, 5.74) is 1.36. The topological polar surface area (TPSA) is 4.36 Å². The molecule has 0 unspecified atom stereocenters. The smallest absolute Gasteiger partial charge is 0.105 e. The van der Waals surface area contributed by atoms with Gasteiger partial charge in [-0.2, -0.15) is 0 Å². The van der Waals surface area contributed by atoms with Gasteiger partial charge in [-0.3, -0.25) is 0 Å². The van der Waals surface area contributed by atoms with Crippen LogP contribution in [0.5, 0.6) is 0 Å². The highest BCUT2D eigenvalue weighted by Crippen LogP contribution is 2.40. The minimum Gasteiger partial charge on any atom is -0.105 e. The predicted octanol–water partition coefficient (Wildman–Crippen LogP) is 5.34. The number of rotatable bonds is 4. The maximum Gasteiger partial charge on any atom is 0.344 e. The molecule has 0 amide bonds. The molecule has 20 heavy (non-hydrogen) atoms. The second kappa shape index (κ2) is 7.04. The van der Waals surface area contributed by atoms with Gasteiger partial charge < -0.3 is 0 Å². The van der Waals surface area contributed by atoms with E-state index in [1.165, 1.54) is 0 Å². The van der Waals surface area contributed by atoms with Crippen molar-refractivity contribution >= 4 is 35.8 Å². The van der Waals surface area contributed by atoms with Crippen molar-refractivity contribution in [2.24, 2.45) is 0 Å². The number of benzene rings is 2. The Balaban J connectivity index is 2.65. The largest absolute Gasteiger partial charge is 0.344 e. The Hall–Kier alpha value is -1.14. The van der Waals surface area contributed by atoms with E-state index in [1.807, 2.05) is 60.7 Å². The zero-order valence-electron chi connectivity index (χ0n) is 10.7. The SMILES string of the molecule is SC#[N+]C(CC(Cl)Cl)(c1ccccc1)c1ccccc1. The molecule has 2 aromatic rings. The van der Waals surface area contributed by atoms with Gasteiger partial charge in [-0.1, -0.05) is 65.5 Å². The van der Waals surface area contributed by atoms with Crippen molar-refractivity contribution in [1.29, 1.82) is 0 Å². The fraction of sp³-hybridized carbons (Fsp3) is 0.188. The average molecular weight is 323 g/mol. The lowest BCUT2D eigenvalue weighted by Crippen LogP contribution is -2.26. The Labute approximate surface area is 134 Å². The maximum atomic E-state index is 6.05. The Kier molecular flexibility index (Phi) is 5.37. The van der Waals surface area contributed by atoms with Crippen LogP contribution in [0.1, 0.15) is 17.5 Å². The average Bonchev–Trinajstić information content (AvgIpc) is 2.48. The molecule has 102 valence electrons. The first kappa shape index (κ1) is 15.3. The van der Waals surface area contributed by atoms with Crippen molar-refractivity contribution in [3.8, 4) is 5.40 Å². The summed E-state index contributed by atoms with van der Waals surface area (Å²) in [5.74, 6) is 0. The maximum absolute atomic E-state index is 6.05. The van der Waals surface area contributed by atoms with Gasteiger partial charge in [0.1, 0.15) is 4.84 Å². The molecule has 0 N–H and O–H groups in total. The van der Waals surface area contributed by atoms with Crippen LogP contribution in [0.2, 0.25) is 0 Å². The molecule has 0 spiro atoms. The molecule has 0 aliphatic heterocycles. The lowest BCUT2D eigenvalue weighted by molar-refractivity contribution is 0.602. The highest BCUT2D eigenvalue weighted by molar-refractivity contribution is 7.85. The predicted molar refractivity (Wildman–Crippen MR) is 90.0 cm³/mol. The standard InChI is InChI=1S/C16H13Cl2NS/c17-15(18)11-16(19-12-20,13-7-3-1-4-8-13)14-9-5-2-6-10-14/h1-10,15H,11H2/p+1. The molecule has 0 aromatic heterocycles. The molecule has 0 aliphatic carbocycles. The molecule has 0 fully saturated rings. The summed E-state index contributed by atoms with van der Waals surface area (Å²) >= 11 is 16.1. The minimum absolute atomic E-state index is 0.456. The van der Waals surface area contributed by atoms with Crippen molar-refractivity contribution in [1.82, 2.24) is 0 Å². The van der Waals surface area contributed by atoms with Crippen LogP contribution in [0.25, 0.3) is 4.85 Å². The molecular weight excluding hydrogens is 309 g/mol. The Bertz CT molecular complexity index is 563. The third kappa shape index (κ3) is 3.30. The highest BCUT2D eigenvalue weighted by Gasteiger charge is 2.46. The summed E-state index contributed by atoms with van der Waals surface area (Å²) in [6, 6.07) is 19.9. The van der Waals surface area contributed by atoms with Crippen molar-refractivity contribution in [2.75, 3.05) is 0 Å². The summed E-state index contributed by atoms with van der Waals surface area (Å²) < 4.78 is 0. The van der Waals surface area contributed by atoms with Gasteiger partial charge in [-0.25, -0.2) is 0 Å². The van der Waals surface area contributed by atoms with Crippen LogP contribution in [0.3, 0.4) is 0 Å². The van der Waals surface area contributed by atoms with Gasteiger partial charge in [0.25, 0.3) is 0 Å². The van der Waals surface area contributed by atoms with Crippen LogP contribution in [0.4, 0.5) is 0 Å². The van der Waals surface area contributed by atoms with Crippen molar-refractivity contribution in [2.45, 2.75) is 16.8 Å². The summed E-state index contributed by atoms with van der Waals surface area (Å²) in [4.78, 5) is 3.94. The molecule has 0 heterocycles. The molecule has 0 saturated heterocycles. The van der Waals surface area contributed by atoms with Crippen molar-refractivity contribution < 1.29 is 0 Å². The molecule has 0 saturated carbocycles. The molecular formula is C16H14Cl2NS+. The van der Waals surface area contributed by atoms with Crippen LogP contribution in [-0.4, -0.2) is 4.84 Å². The van der Waals surface area contributed by atoms with Crippen LogP contribution in [-0.2, 0) is 5.54 Å². The molecule has 0 atom stereocenters. The quantitative estimate of drug-likeness (QED) is 0.440. The molecule has 2 rings (SSSR count).